The van der Waals surface area contributed by atoms with E-state index in [4.69, 9.17) is 9.40 Å². The summed E-state index contributed by atoms with van der Waals surface area (Å²) in [5.41, 5.74) is 11.8. The molecule has 57 heavy (non-hydrogen) atoms. The van der Waals surface area contributed by atoms with Crippen LogP contribution in [-0.4, -0.2) is 23.3 Å². The minimum absolute atomic E-state index is 0.796. The van der Waals surface area contributed by atoms with Crippen molar-refractivity contribution in [3.63, 3.8) is 0 Å². The Morgan fingerprint density at radius 2 is 0.772 bits per heavy atom. The molecule has 0 radical (unpaired) electrons. The fourth-order valence-corrected chi connectivity index (χ4v) is 9.49. The van der Waals surface area contributed by atoms with Crippen molar-refractivity contribution in [3.05, 3.63) is 188 Å². The van der Waals surface area contributed by atoms with Crippen LogP contribution in [0, 0.1) is 0 Å². The van der Waals surface area contributed by atoms with Gasteiger partial charge in [0, 0.05) is 43.7 Å². The summed E-state index contributed by atoms with van der Waals surface area (Å²) in [6.07, 6.45) is 0. The van der Waals surface area contributed by atoms with Gasteiger partial charge in [-0.15, -0.1) is 0 Å². The minimum Gasteiger partial charge on any atom is -0.439 e. The number of furan rings is 1. The molecule has 266 valence electrons. The summed E-state index contributed by atoms with van der Waals surface area (Å²) >= 11 is 0. The fourth-order valence-electron chi connectivity index (χ4n) is 9.49. The first-order valence-electron chi connectivity index (χ1n) is 19.3. The minimum atomic E-state index is 0.796. The summed E-state index contributed by atoms with van der Waals surface area (Å²) in [7, 11) is 0. The van der Waals surface area contributed by atoms with Crippen LogP contribution in [0.5, 0.6) is 0 Å². The number of fused-ring (bicyclic) bond motifs is 13. The van der Waals surface area contributed by atoms with Crippen molar-refractivity contribution in [2.75, 3.05) is 0 Å². The first-order valence-corrected chi connectivity index (χ1v) is 19.3. The lowest BCUT2D eigenvalue weighted by Gasteiger charge is -2.12. The molecule has 0 spiro atoms. The third-order valence-corrected chi connectivity index (χ3v) is 11.8. The molecule has 0 aliphatic carbocycles. The molecule has 0 amide bonds. The van der Waals surface area contributed by atoms with Crippen molar-refractivity contribution in [1.82, 2.24) is 23.3 Å². The van der Waals surface area contributed by atoms with E-state index in [2.05, 4.69) is 194 Å². The second-order valence-corrected chi connectivity index (χ2v) is 14.8. The summed E-state index contributed by atoms with van der Waals surface area (Å²) in [5, 5.41) is 8.16. The molecule has 0 aliphatic rings. The van der Waals surface area contributed by atoms with Gasteiger partial charge in [0.2, 0.25) is 5.71 Å². The van der Waals surface area contributed by atoms with E-state index in [1.54, 1.807) is 0 Å². The maximum Gasteiger partial charge on any atom is 0.215 e. The van der Waals surface area contributed by atoms with E-state index >= 15 is 0 Å². The molecular formula is C51H31N5O. The Hall–Kier alpha value is -7.83. The second kappa shape index (κ2) is 11.4. The molecule has 0 saturated carbocycles. The number of nitrogens with zero attached hydrogens (tertiary/aromatic N) is 5. The van der Waals surface area contributed by atoms with Gasteiger partial charge in [0.25, 0.3) is 0 Å². The van der Waals surface area contributed by atoms with Gasteiger partial charge >= 0.3 is 0 Å². The zero-order valence-corrected chi connectivity index (χ0v) is 30.5. The fraction of sp³-hybridized carbons (Fsp3) is 0. The van der Waals surface area contributed by atoms with Crippen molar-refractivity contribution in [2.45, 2.75) is 0 Å². The van der Waals surface area contributed by atoms with Gasteiger partial charge in [0.05, 0.1) is 44.0 Å². The Morgan fingerprint density at radius 1 is 0.333 bits per heavy atom. The molecule has 0 N–H and O–H groups in total. The van der Waals surface area contributed by atoms with Crippen molar-refractivity contribution in [3.8, 4) is 23.0 Å². The highest BCUT2D eigenvalue weighted by atomic mass is 16.3. The largest absolute Gasteiger partial charge is 0.439 e. The molecule has 13 aromatic rings. The molecule has 6 aromatic heterocycles. The zero-order chi connectivity index (χ0) is 37.2. The molecule has 7 aromatic carbocycles. The highest BCUT2D eigenvalue weighted by Gasteiger charge is 2.24. The maximum absolute atomic E-state index is 6.60. The van der Waals surface area contributed by atoms with Gasteiger partial charge in [0.15, 0.2) is 0 Å². The van der Waals surface area contributed by atoms with Crippen LogP contribution in [-0.2, 0) is 0 Å². The number of pyridine rings is 1. The highest BCUT2D eigenvalue weighted by molar-refractivity contribution is 6.21. The topological polar surface area (TPSA) is 45.8 Å². The van der Waals surface area contributed by atoms with Crippen LogP contribution in [0.4, 0.5) is 0 Å². The lowest BCUT2D eigenvalue weighted by atomic mass is 10.1. The number of rotatable bonds is 4. The number of hydrogen-bond acceptors (Lipinski definition) is 2. The normalized spacial score (nSPS) is 12.2. The van der Waals surface area contributed by atoms with Gasteiger partial charge in [-0.2, -0.15) is 0 Å². The number of aromatic nitrogens is 5. The Balaban J connectivity index is 1.08. The van der Waals surface area contributed by atoms with Gasteiger partial charge in [-0.1, -0.05) is 121 Å². The average Bonchev–Trinajstić information content (AvgIpc) is 4.06. The molecule has 13 rings (SSSR count). The predicted molar refractivity (Wildman–Crippen MR) is 234 cm³/mol. The number of hydrogen-bond donors (Lipinski definition) is 0. The summed E-state index contributed by atoms with van der Waals surface area (Å²) in [6, 6.07) is 66.8. The summed E-state index contributed by atoms with van der Waals surface area (Å²) < 4.78 is 15.9. The molecule has 6 nitrogen and oxygen atoms in total. The predicted octanol–water partition coefficient (Wildman–Crippen LogP) is 13.1. The van der Waals surface area contributed by atoms with Crippen LogP contribution in [0.15, 0.2) is 192 Å². The summed E-state index contributed by atoms with van der Waals surface area (Å²) in [6.45, 7) is 0. The molecule has 0 saturated heterocycles. The quantitative estimate of drug-likeness (QED) is 0.181. The molecular weight excluding hydrogens is 699 g/mol. The molecule has 0 aliphatic heterocycles. The average molecular weight is 730 g/mol. The highest BCUT2D eigenvalue weighted by Crippen LogP contribution is 2.42. The second-order valence-electron chi connectivity index (χ2n) is 14.8. The van der Waals surface area contributed by atoms with Crippen LogP contribution in [0.2, 0.25) is 0 Å². The van der Waals surface area contributed by atoms with E-state index in [0.717, 1.165) is 88.8 Å². The van der Waals surface area contributed by atoms with Gasteiger partial charge in [0.1, 0.15) is 17.2 Å². The maximum atomic E-state index is 6.60. The third-order valence-electron chi connectivity index (χ3n) is 11.8. The van der Waals surface area contributed by atoms with E-state index in [9.17, 15) is 0 Å². The van der Waals surface area contributed by atoms with E-state index in [1.807, 2.05) is 12.1 Å². The molecule has 0 atom stereocenters. The molecule has 0 unspecified atom stereocenters. The van der Waals surface area contributed by atoms with E-state index < -0.39 is 0 Å². The molecule has 0 bridgehead atoms. The monoisotopic (exact) mass is 729 g/mol. The first kappa shape index (κ1) is 30.5. The summed E-state index contributed by atoms with van der Waals surface area (Å²) in [5.74, 6) is 1.63. The van der Waals surface area contributed by atoms with Crippen LogP contribution in [0.3, 0.4) is 0 Å². The van der Waals surface area contributed by atoms with Gasteiger partial charge < -0.3 is 13.6 Å². The van der Waals surface area contributed by atoms with Crippen molar-refractivity contribution in [1.29, 1.82) is 0 Å². The van der Waals surface area contributed by atoms with Gasteiger partial charge in [-0.3, -0.25) is 9.13 Å². The van der Waals surface area contributed by atoms with Crippen molar-refractivity contribution in [2.24, 2.45) is 0 Å². The van der Waals surface area contributed by atoms with E-state index in [1.165, 1.54) is 21.8 Å². The number of benzene rings is 7. The number of para-hydroxylation sites is 6. The van der Waals surface area contributed by atoms with Crippen LogP contribution >= 0.6 is 0 Å². The van der Waals surface area contributed by atoms with E-state index in [0.29, 0.717) is 0 Å². The Labute approximate surface area is 325 Å². The Bertz CT molecular complexity index is 3720. The summed E-state index contributed by atoms with van der Waals surface area (Å²) in [4.78, 5) is 5.48. The zero-order valence-electron chi connectivity index (χ0n) is 30.5. The Morgan fingerprint density at radius 3 is 1.42 bits per heavy atom. The Kier molecular flexibility index (Phi) is 6.07. The smallest absolute Gasteiger partial charge is 0.215 e. The lowest BCUT2D eigenvalue weighted by molar-refractivity contribution is 0.643. The van der Waals surface area contributed by atoms with Crippen LogP contribution in [0.25, 0.3) is 111 Å². The van der Waals surface area contributed by atoms with E-state index in [-0.39, 0.29) is 0 Å². The lowest BCUT2D eigenvalue weighted by Crippen LogP contribution is -2.02. The van der Waals surface area contributed by atoms with Gasteiger partial charge in [-0.05, 0) is 66.7 Å². The molecule has 6 heterocycles. The SMILES string of the molecule is c1cc(-n2c3ccccc3c3ccccc32)cc(-n2c3ccccc3c3c2c2ccccc2n3-c2cccc(-n3c4ccccc4c4c5ccccc5oc43)n2)c1. The van der Waals surface area contributed by atoms with Crippen molar-refractivity contribution >= 4 is 87.6 Å². The van der Waals surface area contributed by atoms with Gasteiger partial charge in [-0.25, -0.2) is 4.98 Å². The van der Waals surface area contributed by atoms with Crippen LogP contribution < -0.4 is 0 Å². The molecule has 0 fully saturated rings. The van der Waals surface area contributed by atoms with Crippen molar-refractivity contribution < 1.29 is 4.42 Å². The standard InChI is InChI=1S/C51H31N5O/c1-7-23-40-34(17-1)35-18-2-8-24-41(35)53(40)32-15-13-16-33(31-32)54-43-26-10-4-20-37(43)50-49(54)38-21-5-11-27-44(38)55(50)46-29-14-30-47(52-46)56-42-25-9-3-19-36(42)48-39-22-6-12-28-45(39)57-51(48)56/h1-31H. The molecule has 6 heteroatoms. The van der Waals surface area contributed by atoms with Crippen LogP contribution in [0.1, 0.15) is 0 Å². The first-order chi connectivity index (χ1) is 28.3. The third kappa shape index (κ3) is 4.10.